The fraction of sp³-hybridized carbons (Fsp3) is 0.500. The van der Waals surface area contributed by atoms with E-state index in [2.05, 4.69) is 0 Å². The summed E-state index contributed by atoms with van der Waals surface area (Å²) in [4.78, 5) is 27.7. The second-order valence-corrected chi connectivity index (χ2v) is 8.78. The average molecular weight is 459 g/mol. The first kappa shape index (κ1) is 23.0. The van der Waals surface area contributed by atoms with Crippen LogP contribution in [-0.2, 0) is 11.3 Å². The van der Waals surface area contributed by atoms with E-state index < -0.39 is 47.1 Å². The number of hydrogen-bond donors (Lipinski definition) is 5. The zero-order valence-corrected chi connectivity index (χ0v) is 17.9. The second-order valence-electron chi connectivity index (χ2n) is 8.78. The predicted octanol–water partition coefficient (Wildman–Crippen LogP) is -0.124. The Morgan fingerprint density at radius 3 is 2.64 bits per heavy atom. The van der Waals surface area contributed by atoms with E-state index in [1.165, 1.54) is 4.90 Å². The maximum Gasteiger partial charge on any atom is 0.321 e. The van der Waals surface area contributed by atoms with Gasteiger partial charge in [-0.05, 0) is 20.0 Å². The van der Waals surface area contributed by atoms with Gasteiger partial charge in [0.1, 0.15) is 29.0 Å². The molecule has 2 saturated heterocycles. The first-order valence-corrected chi connectivity index (χ1v) is 10.6. The number of benzene rings is 1. The quantitative estimate of drug-likeness (QED) is 0.411. The van der Waals surface area contributed by atoms with Gasteiger partial charge in [-0.3, -0.25) is 14.5 Å². The summed E-state index contributed by atoms with van der Waals surface area (Å²) in [7, 11) is 1.83. The summed E-state index contributed by atoms with van der Waals surface area (Å²) < 4.78 is 5.56. The van der Waals surface area contributed by atoms with Gasteiger partial charge >= 0.3 is 5.97 Å². The summed E-state index contributed by atoms with van der Waals surface area (Å²) in [5.41, 5.74) is -0.880. The standard InChI is InChI=1S/C22H25N3O8/c1-24-3-2-12(16(28)9-24)17-19(29)13(8-25-7-10(26)4-14(25)22(31)32)20(30)18-15(27)5-11(6-23)33-21(17)18/h5,10,12,14,16,26,28-30H,2-4,7-9H2,1H3,(H,31,32). The minimum atomic E-state index is -1.16. The lowest BCUT2D eigenvalue weighted by Gasteiger charge is -2.35. The van der Waals surface area contributed by atoms with E-state index in [1.807, 2.05) is 11.9 Å². The molecule has 1 aromatic carbocycles. The summed E-state index contributed by atoms with van der Waals surface area (Å²) in [5.74, 6) is -3.14. The Morgan fingerprint density at radius 2 is 2.00 bits per heavy atom. The number of likely N-dealkylation sites (tertiary alicyclic amines) is 2. The smallest absolute Gasteiger partial charge is 0.321 e. The fourth-order valence-electron chi connectivity index (χ4n) is 4.93. The molecule has 2 aliphatic rings. The molecule has 4 atom stereocenters. The number of rotatable bonds is 4. The van der Waals surface area contributed by atoms with Crippen molar-refractivity contribution in [3.8, 4) is 17.6 Å². The zero-order chi connectivity index (χ0) is 24.0. The van der Waals surface area contributed by atoms with Crippen LogP contribution in [0.5, 0.6) is 11.5 Å². The highest BCUT2D eigenvalue weighted by Crippen LogP contribution is 2.46. The summed E-state index contributed by atoms with van der Waals surface area (Å²) >= 11 is 0. The molecule has 0 amide bonds. The largest absolute Gasteiger partial charge is 0.507 e. The number of nitriles is 1. The number of likely N-dealkylation sites (N-methyl/N-ethyl adjacent to an activating group) is 1. The van der Waals surface area contributed by atoms with Crippen molar-refractivity contribution < 1.29 is 34.7 Å². The van der Waals surface area contributed by atoms with Crippen molar-refractivity contribution in [1.29, 1.82) is 5.26 Å². The minimum absolute atomic E-state index is 0.00203. The molecule has 0 aliphatic carbocycles. The Labute approximate surface area is 188 Å². The topological polar surface area (TPSA) is 179 Å². The van der Waals surface area contributed by atoms with Crippen LogP contribution < -0.4 is 5.43 Å². The summed E-state index contributed by atoms with van der Waals surface area (Å²) in [6, 6.07) is 1.63. The molecule has 2 aromatic rings. The highest BCUT2D eigenvalue weighted by Gasteiger charge is 2.39. The number of carbonyl (C=O) groups is 1. The van der Waals surface area contributed by atoms with Crippen molar-refractivity contribution in [2.24, 2.45) is 0 Å². The monoisotopic (exact) mass is 459 g/mol. The Kier molecular flexibility index (Phi) is 6.02. The highest BCUT2D eigenvalue weighted by atomic mass is 16.4. The van der Waals surface area contributed by atoms with Crippen molar-refractivity contribution in [3.05, 3.63) is 33.2 Å². The number of β-amino-alcohol motifs (C(OH)–C–C–N with tert-alkyl or cyclic N) is 2. The van der Waals surface area contributed by atoms with Gasteiger partial charge < -0.3 is 34.8 Å². The molecule has 4 unspecified atom stereocenters. The van der Waals surface area contributed by atoms with Crippen molar-refractivity contribution in [1.82, 2.24) is 9.80 Å². The number of hydrogen-bond acceptors (Lipinski definition) is 10. The van der Waals surface area contributed by atoms with Crippen LogP contribution >= 0.6 is 0 Å². The van der Waals surface area contributed by atoms with Crippen LogP contribution in [0.3, 0.4) is 0 Å². The third-order valence-corrected chi connectivity index (χ3v) is 6.55. The summed E-state index contributed by atoms with van der Waals surface area (Å²) in [5, 5.41) is 61.4. The number of aliphatic carboxylic acids is 1. The molecular weight excluding hydrogens is 434 g/mol. The highest BCUT2D eigenvalue weighted by molar-refractivity contribution is 5.91. The van der Waals surface area contributed by atoms with Crippen molar-refractivity contribution >= 4 is 16.9 Å². The number of aliphatic hydroxyl groups excluding tert-OH is 2. The normalized spacial score (nSPS) is 26.5. The molecule has 4 rings (SSSR count). The molecule has 3 heterocycles. The SMILES string of the molecule is CN1CCC(c2c(O)c(CN3CC(O)CC3C(=O)O)c(O)c3c(=O)cc(C#N)oc23)C(O)C1. The number of fused-ring (bicyclic) bond motifs is 1. The summed E-state index contributed by atoms with van der Waals surface area (Å²) in [6.45, 7) is 0.628. The Hall–Kier alpha value is -3.17. The number of phenols is 2. The number of phenolic OH excluding ortho intramolecular Hbond substituents is 2. The molecule has 0 saturated carbocycles. The molecule has 0 bridgehead atoms. The third kappa shape index (κ3) is 4.02. The first-order valence-electron chi connectivity index (χ1n) is 10.6. The lowest BCUT2D eigenvalue weighted by molar-refractivity contribution is -0.142. The van der Waals surface area contributed by atoms with Gasteiger partial charge in [-0.1, -0.05) is 0 Å². The van der Waals surface area contributed by atoms with E-state index in [0.29, 0.717) is 19.5 Å². The molecule has 2 aliphatic heterocycles. The number of carboxylic acids is 1. The minimum Gasteiger partial charge on any atom is -0.507 e. The molecule has 176 valence electrons. The van der Waals surface area contributed by atoms with Crippen LogP contribution in [0.25, 0.3) is 11.0 Å². The molecule has 2 fully saturated rings. The molecule has 11 heteroatoms. The summed E-state index contributed by atoms with van der Waals surface area (Å²) in [6.07, 6.45) is -1.43. The van der Waals surface area contributed by atoms with Gasteiger partial charge in [-0.25, -0.2) is 0 Å². The number of carboxylic acid groups (broad SMARTS) is 1. The molecule has 0 radical (unpaired) electrons. The Bertz CT molecular complexity index is 1200. The third-order valence-electron chi connectivity index (χ3n) is 6.55. The van der Waals surface area contributed by atoms with Crippen LogP contribution in [0.15, 0.2) is 15.3 Å². The van der Waals surface area contributed by atoms with Crippen molar-refractivity contribution in [3.63, 3.8) is 0 Å². The van der Waals surface area contributed by atoms with E-state index in [-0.39, 0.29) is 47.4 Å². The first-order chi connectivity index (χ1) is 15.6. The molecule has 1 aromatic heterocycles. The predicted molar refractivity (Wildman–Crippen MR) is 114 cm³/mol. The van der Waals surface area contributed by atoms with E-state index in [0.717, 1.165) is 6.07 Å². The van der Waals surface area contributed by atoms with Crippen LogP contribution in [0, 0.1) is 11.3 Å². The maximum atomic E-state index is 12.8. The number of aromatic hydroxyl groups is 2. The molecule has 0 spiro atoms. The Balaban J connectivity index is 1.93. The second kappa shape index (κ2) is 8.64. The van der Waals surface area contributed by atoms with Gasteiger partial charge in [-0.15, -0.1) is 0 Å². The number of piperidine rings is 1. The van der Waals surface area contributed by atoms with E-state index >= 15 is 0 Å². The van der Waals surface area contributed by atoms with E-state index in [4.69, 9.17) is 4.42 Å². The molecule has 11 nitrogen and oxygen atoms in total. The lowest BCUT2D eigenvalue weighted by atomic mass is 9.84. The van der Waals surface area contributed by atoms with Crippen LogP contribution in [-0.4, -0.2) is 86.2 Å². The molecule has 33 heavy (non-hydrogen) atoms. The van der Waals surface area contributed by atoms with Gasteiger partial charge in [0.15, 0.2) is 11.0 Å². The maximum absolute atomic E-state index is 12.8. The van der Waals surface area contributed by atoms with Crippen LogP contribution in [0.1, 0.15) is 35.6 Å². The number of aliphatic hydroxyl groups is 2. The Morgan fingerprint density at radius 1 is 1.27 bits per heavy atom. The van der Waals surface area contributed by atoms with E-state index in [1.54, 1.807) is 6.07 Å². The fourth-order valence-corrected chi connectivity index (χ4v) is 4.93. The van der Waals surface area contributed by atoms with E-state index in [9.17, 15) is 40.4 Å². The zero-order valence-electron chi connectivity index (χ0n) is 17.9. The van der Waals surface area contributed by atoms with Crippen LogP contribution in [0.2, 0.25) is 0 Å². The lowest BCUT2D eigenvalue weighted by Crippen LogP contribution is -2.40. The number of nitrogens with zero attached hydrogens (tertiary/aromatic N) is 3. The van der Waals surface area contributed by atoms with Crippen molar-refractivity contribution in [2.75, 3.05) is 26.7 Å². The van der Waals surface area contributed by atoms with Gasteiger partial charge in [0.25, 0.3) is 0 Å². The van der Waals surface area contributed by atoms with Gasteiger partial charge in [0.05, 0.1) is 17.8 Å². The van der Waals surface area contributed by atoms with Gasteiger partial charge in [0.2, 0.25) is 5.76 Å². The average Bonchev–Trinajstić information content (AvgIpc) is 3.12. The van der Waals surface area contributed by atoms with Crippen molar-refractivity contribution in [2.45, 2.75) is 43.6 Å². The van der Waals surface area contributed by atoms with Gasteiger partial charge in [0, 0.05) is 43.6 Å². The molecular formula is C22H25N3O8. The molecule has 5 N–H and O–H groups in total. The van der Waals surface area contributed by atoms with Crippen LogP contribution in [0.4, 0.5) is 0 Å². The van der Waals surface area contributed by atoms with Gasteiger partial charge in [-0.2, -0.15) is 5.26 Å².